The van der Waals surface area contributed by atoms with Crippen LogP contribution in [0.1, 0.15) is 45.7 Å². The Balaban J connectivity index is 2.17. The maximum Gasteiger partial charge on any atom is 0.195 e. The fourth-order valence-electron chi connectivity index (χ4n) is 2.30. The van der Waals surface area contributed by atoms with Crippen molar-refractivity contribution in [2.75, 3.05) is 18.5 Å². The number of nitrogens with zero attached hydrogens (tertiary/aromatic N) is 3. The molecule has 0 amide bonds. The van der Waals surface area contributed by atoms with E-state index in [1.54, 1.807) is 11.3 Å². The van der Waals surface area contributed by atoms with Crippen molar-refractivity contribution in [3.05, 3.63) is 17.3 Å². The number of imidazole rings is 1. The average molecular weight is 294 g/mol. The Labute approximate surface area is 125 Å². The summed E-state index contributed by atoms with van der Waals surface area (Å²) in [6.07, 6.45) is 5.89. The monoisotopic (exact) mass is 294 g/mol. The minimum atomic E-state index is 0.484. The third-order valence-corrected chi connectivity index (χ3v) is 4.23. The Morgan fingerprint density at radius 3 is 2.90 bits per heavy atom. The van der Waals surface area contributed by atoms with Gasteiger partial charge in [0.2, 0.25) is 0 Å². The molecule has 0 aliphatic heterocycles. The van der Waals surface area contributed by atoms with Crippen molar-refractivity contribution in [2.24, 2.45) is 0 Å². The van der Waals surface area contributed by atoms with E-state index in [1.807, 2.05) is 0 Å². The van der Waals surface area contributed by atoms with E-state index in [1.165, 1.54) is 25.0 Å². The van der Waals surface area contributed by atoms with Crippen molar-refractivity contribution >= 4 is 22.1 Å². The largest absolute Gasteiger partial charge is 0.358 e. The molecule has 0 radical (unpaired) electrons. The third kappa shape index (κ3) is 3.52. The zero-order chi connectivity index (χ0) is 14.5. The summed E-state index contributed by atoms with van der Waals surface area (Å²) in [5.41, 5.74) is 1.27. The summed E-state index contributed by atoms with van der Waals surface area (Å²) in [6.45, 7) is 8.54. The average Bonchev–Trinajstić information content (AvgIpc) is 2.97. The highest BCUT2D eigenvalue weighted by molar-refractivity contribution is 7.15. The van der Waals surface area contributed by atoms with E-state index in [-0.39, 0.29) is 0 Å². The van der Waals surface area contributed by atoms with Crippen molar-refractivity contribution in [3.63, 3.8) is 0 Å². The Morgan fingerprint density at radius 1 is 1.40 bits per heavy atom. The quantitative estimate of drug-likeness (QED) is 0.756. The van der Waals surface area contributed by atoms with Gasteiger partial charge in [0.15, 0.2) is 10.8 Å². The van der Waals surface area contributed by atoms with Crippen LogP contribution < -0.4 is 10.2 Å². The van der Waals surface area contributed by atoms with Crippen LogP contribution in [0.5, 0.6) is 0 Å². The van der Waals surface area contributed by atoms with Crippen LogP contribution in [0.4, 0.5) is 5.82 Å². The Morgan fingerprint density at radius 2 is 2.20 bits per heavy atom. The molecule has 1 N–H and O–H groups in total. The van der Waals surface area contributed by atoms with Crippen LogP contribution in [0.3, 0.4) is 0 Å². The first-order valence-electron chi connectivity index (χ1n) is 7.52. The van der Waals surface area contributed by atoms with Crippen LogP contribution in [0.2, 0.25) is 0 Å². The summed E-state index contributed by atoms with van der Waals surface area (Å²) >= 11 is 1.70. The van der Waals surface area contributed by atoms with Crippen molar-refractivity contribution in [1.29, 1.82) is 0 Å². The minimum Gasteiger partial charge on any atom is -0.358 e. The number of fused-ring (bicyclic) bond motifs is 1. The second kappa shape index (κ2) is 7.09. The Kier molecular flexibility index (Phi) is 5.43. The van der Waals surface area contributed by atoms with Gasteiger partial charge in [0.25, 0.3) is 0 Å². The van der Waals surface area contributed by atoms with E-state index in [9.17, 15) is 0 Å². The van der Waals surface area contributed by atoms with Crippen LogP contribution >= 0.6 is 11.3 Å². The summed E-state index contributed by atoms with van der Waals surface area (Å²) < 4.78 is 2.21. The second-order valence-electron chi connectivity index (χ2n) is 5.60. The van der Waals surface area contributed by atoms with Crippen molar-refractivity contribution in [1.82, 2.24) is 14.7 Å². The molecule has 4 nitrogen and oxygen atoms in total. The first kappa shape index (κ1) is 15.3. The van der Waals surface area contributed by atoms with Gasteiger partial charge in [-0.15, -0.1) is 11.3 Å². The molecule has 2 heterocycles. The molecule has 0 spiro atoms. The lowest BCUT2D eigenvalue weighted by molar-refractivity contribution is 0.578. The zero-order valence-corrected chi connectivity index (χ0v) is 13.8. The lowest BCUT2D eigenvalue weighted by atomic mass is 10.2. The minimum absolute atomic E-state index is 0.484. The first-order valence-corrected chi connectivity index (χ1v) is 8.40. The molecule has 2 rings (SSSR count). The SMILES string of the molecule is CCCCCN(C)c1nc2sccn2c1CNC(C)C. The number of aromatic nitrogens is 2. The predicted octanol–water partition coefficient (Wildman–Crippen LogP) is 3.52. The maximum absolute atomic E-state index is 4.80. The van der Waals surface area contributed by atoms with Crippen LogP contribution in [0, 0.1) is 0 Å². The van der Waals surface area contributed by atoms with Gasteiger partial charge in [0.1, 0.15) is 0 Å². The molecule has 20 heavy (non-hydrogen) atoms. The molecule has 5 heteroatoms. The number of nitrogens with one attached hydrogen (secondary N) is 1. The van der Waals surface area contributed by atoms with Gasteiger partial charge in [-0.25, -0.2) is 4.98 Å². The molecular weight excluding hydrogens is 268 g/mol. The molecule has 112 valence electrons. The molecule has 0 atom stereocenters. The predicted molar refractivity (Wildman–Crippen MR) is 87.8 cm³/mol. The smallest absolute Gasteiger partial charge is 0.195 e. The molecule has 2 aromatic rings. The standard InChI is InChI=1S/C15H26N4S/c1-5-6-7-8-18(4)14-13(11-16-12(2)3)19-9-10-20-15(19)17-14/h9-10,12,16H,5-8,11H2,1-4H3. The highest BCUT2D eigenvalue weighted by Gasteiger charge is 2.16. The number of hydrogen-bond donors (Lipinski definition) is 1. The van der Waals surface area contributed by atoms with E-state index in [2.05, 4.69) is 54.0 Å². The molecule has 0 saturated heterocycles. The third-order valence-electron chi connectivity index (χ3n) is 3.48. The summed E-state index contributed by atoms with van der Waals surface area (Å²) in [6, 6.07) is 0.484. The molecule has 0 aliphatic carbocycles. The van der Waals surface area contributed by atoms with E-state index in [0.717, 1.165) is 23.9 Å². The van der Waals surface area contributed by atoms with Gasteiger partial charge < -0.3 is 10.2 Å². The molecule has 0 aromatic carbocycles. The highest BCUT2D eigenvalue weighted by atomic mass is 32.1. The summed E-state index contributed by atoms with van der Waals surface area (Å²) in [7, 11) is 2.15. The normalized spacial score (nSPS) is 11.7. The lowest BCUT2D eigenvalue weighted by Gasteiger charge is -2.19. The van der Waals surface area contributed by atoms with Gasteiger partial charge >= 0.3 is 0 Å². The van der Waals surface area contributed by atoms with E-state index < -0.39 is 0 Å². The van der Waals surface area contributed by atoms with Gasteiger partial charge in [-0.3, -0.25) is 4.40 Å². The fourth-order valence-corrected chi connectivity index (χ4v) is 3.02. The van der Waals surface area contributed by atoms with Gasteiger partial charge in [-0.1, -0.05) is 33.6 Å². The summed E-state index contributed by atoms with van der Waals surface area (Å²) in [5, 5.41) is 5.61. The number of unbranched alkanes of at least 4 members (excludes halogenated alkanes) is 2. The molecule has 0 bridgehead atoms. The number of anilines is 1. The molecule has 0 unspecified atom stereocenters. The number of thiazole rings is 1. The molecule has 0 aliphatic rings. The zero-order valence-electron chi connectivity index (χ0n) is 13.0. The van der Waals surface area contributed by atoms with Gasteiger partial charge in [-0.2, -0.15) is 0 Å². The van der Waals surface area contributed by atoms with Gasteiger partial charge in [-0.05, 0) is 6.42 Å². The Bertz CT molecular complexity index is 529. The van der Waals surface area contributed by atoms with Crippen molar-refractivity contribution in [2.45, 2.75) is 52.6 Å². The van der Waals surface area contributed by atoms with Crippen molar-refractivity contribution < 1.29 is 0 Å². The lowest BCUT2D eigenvalue weighted by Crippen LogP contribution is -2.26. The topological polar surface area (TPSA) is 32.6 Å². The Hall–Kier alpha value is -1.07. The fraction of sp³-hybridized carbons (Fsp3) is 0.667. The summed E-state index contributed by atoms with van der Waals surface area (Å²) in [5.74, 6) is 1.13. The van der Waals surface area contributed by atoms with Crippen LogP contribution in [0.15, 0.2) is 11.6 Å². The van der Waals surface area contributed by atoms with Gasteiger partial charge in [0, 0.05) is 37.8 Å². The van der Waals surface area contributed by atoms with E-state index >= 15 is 0 Å². The molecule has 2 aromatic heterocycles. The number of rotatable bonds is 8. The summed E-state index contributed by atoms with van der Waals surface area (Å²) in [4.78, 5) is 8.18. The highest BCUT2D eigenvalue weighted by Crippen LogP contribution is 2.24. The van der Waals surface area contributed by atoms with E-state index in [4.69, 9.17) is 4.98 Å². The van der Waals surface area contributed by atoms with Crippen LogP contribution in [-0.4, -0.2) is 29.0 Å². The second-order valence-corrected chi connectivity index (χ2v) is 6.47. The van der Waals surface area contributed by atoms with Crippen LogP contribution in [0.25, 0.3) is 4.96 Å². The molecule has 0 fully saturated rings. The number of hydrogen-bond acceptors (Lipinski definition) is 4. The molecular formula is C15H26N4S. The molecule has 0 saturated carbocycles. The maximum atomic E-state index is 4.80. The van der Waals surface area contributed by atoms with E-state index in [0.29, 0.717) is 6.04 Å². The van der Waals surface area contributed by atoms with Crippen LogP contribution in [-0.2, 0) is 6.54 Å². The van der Waals surface area contributed by atoms with Gasteiger partial charge in [0.05, 0.1) is 5.69 Å². The van der Waals surface area contributed by atoms with Crippen molar-refractivity contribution in [3.8, 4) is 0 Å². The first-order chi connectivity index (χ1) is 9.63.